The number of amides is 1. The van der Waals surface area contributed by atoms with Crippen molar-refractivity contribution in [2.24, 2.45) is 5.92 Å². The van der Waals surface area contributed by atoms with Gasteiger partial charge in [0.05, 0.1) is 11.8 Å². The molecule has 0 heterocycles. The van der Waals surface area contributed by atoms with Crippen molar-refractivity contribution in [3.63, 3.8) is 0 Å². The molecule has 4 nitrogen and oxygen atoms in total. The third-order valence-corrected chi connectivity index (χ3v) is 3.88. The van der Waals surface area contributed by atoms with Crippen LogP contribution in [0.25, 0.3) is 0 Å². The third kappa shape index (κ3) is 3.80. The average Bonchev–Trinajstić information content (AvgIpc) is 3.27. The van der Waals surface area contributed by atoms with E-state index < -0.39 is 17.8 Å². The molecule has 0 saturated heterocycles. The maximum Gasteiger partial charge on any atom is 0.308 e. The molecule has 0 unspecified atom stereocenters. The summed E-state index contributed by atoms with van der Waals surface area (Å²) in [6.45, 7) is 3.54. The molecule has 1 aromatic carbocycles. The number of carbonyl (C=O) groups excluding carboxylic acids is 1. The number of aliphatic carboxylic acids is 1. The zero-order valence-corrected chi connectivity index (χ0v) is 12.3. The lowest BCUT2D eigenvalue weighted by atomic mass is 9.99. The molecular weight excluding hydrogens is 273 g/mol. The Labute approximate surface area is 123 Å². The summed E-state index contributed by atoms with van der Waals surface area (Å²) < 4.78 is 13.3. The first-order valence-electron chi connectivity index (χ1n) is 7.19. The molecular formula is C16H20FNO3. The van der Waals surface area contributed by atoms with Crippen LogP contribution in [0.15, 0.2) is 24.3 Å². The summed E-state index contributed by atoms with van der Waals surface area (Å²) in [5.41, 5.74) is 0.619. The van der Waals surface area contributed by atoms with Crippen LogP contribution in [0.2, 0.25) is 0 Å². The van der Waals surface area contributed by atoms with E-state index in [9.17, 15) is 14.0 Å². The van der Waals surface area contributed by atoms with Gasteiger partial charge in [0, 0.05) is 12.6 Å². The highest BCUT2D eigenvalue weighted by Crippen LogP contribution is 2.31. The van der Waals surface area contributed by atoms with Crippen molar-refractivity contribution in [2.75, 3.05) is 6.54 Å². The molecule has 5 heteroatoms. The van der Waals surface area contributed by atoms with Gasteiger partial charge in [-0.3, -0.25) is 9.59 Å². The fourth-order valence-corrected chi connectivity index (χ4v) is 2.35. The second-order valence-corrected chi connectivity index (χ2v) is 5.74. The molecule has 114 valence electrons. The van der Waals surface area contributed by atoms with Crippen molar-refractivity contribution in [1.82, 2.24) is 4.90 Å². The molecule has 0 spiro atoms. The molecule has 2 atom stereocenters. The van der Waals surface area contributed by atoms with E-state index in [2.05, 4.69) is 0 Å². The minimum absolute atomic E-state index is 0.129. The van der Waals surface area contributed by atoms with E-state index in [1.54, 1.807) is 30.9 Å². The van der Waals surface area contributed by atoms with Gasteiger partial charge < -0.3 is 10.0 Å². The summed E-state index contributed by atoms with van der Waals surface area (Å²) in [4.78, 5) is 25.2. The van der Waals surface area contributed by atoms with Crippen molar-refractivity contribution < 1.29 is 19.1 Å². The third-order valence-electron chi connectivity index (χ3n) is 3.88. The molecule has 2 rings (SSSR count). The molecule has 1 saturated carbocycles. The van der Waals surface area contributed by atoms with Crippen molar-refractivity contribution in [3.05, 3.63) is 35.6 Å². The molecule has 1 amide bonds. The Kier molecular flexibility index (Phi) is 4.60. The molecule has 21 heavy (non-hydrogen) atoms. The lowest BCUT2D eigenvalue weighted by molar-refractivity contribution is -0.143. The molecule has 1 fully saturated rings. The van der Waals surface area contributed by atoms with Crippen LogP contribution in [0.5, 0.6) is 0 Å². The van der Waals surface area contributed by atoms with Crippen molar-refractivity contribution in [2.45, 2.75) is 38.6 Å². The maximum atomic E-state index is 13.3. The second-order valence-electron chi connectivity index (χ2n) is 5.74. The first-order chi connectivity index (χ1) is 9.90. The number of hydrogen-bond acceptors (Lipinski definition) is 2. The van der Waals surface area contributed by atoms with Gasteiger partial charge in [0.1, 0.15) is 5.82 Å². The number of carboxylic acid groups (broad SMARTS) is 1. The Morgan fingerprint density at radius 1 is 1.38 bits per heavy atom. The first kappa shape index (κ1) is 15.5. The topological polar surface area (TPSA) is 57.6 Å². The van der Waals surface area contributed by atoms with Crippen LogP contribution in [0, 0.1) is 11.7 Å². The monoisotopic (exact) mass is 293 g/mol. The lowest BCUT2D eigenvalue weighted by Crippen LogP contribution is -2.40. The highest BCUT2D eigenvalue weighted by atomic mass is 19.1. The number of halogens is 1. The average molecular weight is 293 g/mol. The quantitative estimate of drug-likeness (QED) is 0.877. The number of rotatable bonds is 6. The van der Waals surface area contributed by atoms with Crippen LogP contribution in [0.3, 0.4) is 0 Å². The van der Waals surface area contributed by atoms with E-state index in [0.717, 1.165) is 12.8 Å². The Hall–Kier alpha value is -1.91. The van der Waals surface area contributed by atoms with E-state index in [4.69, 9.17) is 5.11 Å². The van der Waals surface area contributed by atoms with Gasteiger partial charge in [-0.05, 0) is 37.5 Å². The van der Waals surface area contributed by atoms with Gasteiger partial charge in [-0.15, -0.1) is 0 Å². The minimum atomic E-state index is -0.910. The Bertz CT molecular complexity index is 542. The fraction of sp³-hybridized carbons (Fsp3) is 0.500. The summed E-state index contributed by atoms with van der Waals surface area (Å²) in [6, 6.07) is 6.13. The first-order valence-corrected chi connectivity index (χ1v) is 7.19. The number of nitrogens with zero attached hydrogens (tertiary/aromatic N) is 1. The summed E-state index contributed by atoms with van der Waals surface area (Å²) in [6.07, 6.45) is 1.82. The van der Waals surface area contributed by atoms with Crippen LogP contribution in [-0.2, 0) is 9.59 Å². The standard InChI is InChI=1S/C16H20FNO3/c1-10(16(20)21)9-18(14-6-7-14)15(19)11(2)12-4-3-5-13(17)8-12/h3-5,8,10-11,14H,6-7,9H2,1-2H3,(H,20,21)/t10-,11-/m1/s1. The van der Waals surface area contributed by atoms with Crippen molar-refractivity contribution in [1.29, 1.82) is 0 Å². The summed E-state index contributed by atoms with van der Waals surface area (Å²) >= 11 is 0. The lowest BCUT2D eigenvalue weighted by Gasteiger charge is -2.27. The summed E-state index contributed by atoms with van der Waals surface area (Å²) in [7, 11) is 0. The normalized spacial score (nSPS) is 17.1. The van der Waals surface area contributed by atoms with E-state index in [1.807, 2.05) is 0 Å². The fourth-order valence-electron chi connectivity index (χ4n) is 2.35. The SMILES string of the molecule is C[C@H](CN(C(=O)[C@H](C)c1cccc(F)c1)C1CC1)C(=O)O. The van der Waals surface area contributed by atoms with Crippen LogP contribution in [-0.4, -0.2) is 34.5 Å². The maximum absolute atomic E-state index is 13.3. The summed E-state index contributed by atoms with van der Waals surface area (Å²) in [5, 5.41) is 9.02. The van der Waals surface area contributed by atoms with Gasteiger partial charge >= 0.3 is 5.97 Å². The van der Waals surface area contributed by atoms with Gasteiger partial charge in [-0.2, -0.15) is 0 Å². The second kappa shape index (κ2) is 6.24. The molecule has 1 N–H and O–H groups in total. The number of hydrogen-bond donors (Lipinski definition) is 1. The molecule has 0 radical (unpaired) electrons. The predicted octanol–water partition coefficient (Wildman–Crippen LogP) is 2.64. The van der Waals surface area contributed by atoms with E-state index in [1.165, 1.54) is 12.1 Å². The number of carbonyl (C=O) groups is 2. The van der Waals surface area contributed by atoms with Gasteiger partial charge in [0.15, 0.2) is 0 Å². The van der Waals surface area contributed by atoms with Crippen LogP contribution >= 0.6 is 0 Å². The Morgan fingerprint density at radius 2 is 2.05 bits per heavy atom. The summed E-state index contributed by atoms with van der Waals surface area (Å²) in [5.74, 6) is -2.48. The van der Waals surface area contributed by atoms with Crippen molar-refractivity contribution >= 4 is 11.9 Å². The van der Waals surface area contributed by atoms with E-state index >= 15 is 0 Å². The number of carboxylic acids is 1. The zero-order chi connectivity index (χ0) is 15.6. The minimum Gasteiger partial charge on any atom is -0.481 e. The van der Waals surface area contributed by atoms with Crippen LogP contribution in [0.4, 0.5) is 4.39 Å². The van der Waals surface area contributed by atoms with Gasteiger partial charge in [-0.25, -0.2) is 4.39 Å². The van der Waals surface area contributed by atoms with E-state index in [-0.39, 0.29) is 24.3 Å². The predicted molar refractivity (Wildman–Crippen MR) is 76.3 cm³/mol. The smallest absolute Gasteiger partial charge is 0.308 e. The van der Waals surface area contributed by atoms with Gasteiger partial charge in [0.2, 0.25) is 5.91 Å². The highest BCUT2D eigenvalue weighted by molar-refractivity contribution is 5.84. The molecule has 0 bridgehead atoms. The Balaban J connectivity index is 2.12. The molecule has 0 aromatic heterocycles. The van der Waals surface area contributed by atoms with E-state index in [0.29, 0.717) is 5.56 Å². The van der Waals surface area contributed by atoms with Crippen LogP contribution in [0.1, 0.15) is 38.2 Å². The largest absolute Gasteiger partial charge is 0.481 e. The molecule has 0 aliphatic heterocycles. The van der Waals surface area contributed by atoms with Crippen molar-refractivity contribution in [3.8, 4) is 0 Å². The number of benzene rings is 1. The molecule has 1 aromatic rings. The zero-order valence-electron chi connectivity index (χ0n) is 12.3. The van der Waals surface area contributed by atoms with Gasteiger partial charge in [0.25, 0.3) is 0 Å². The van der Waals surface area contributed by atoms with Gasteiger partial charge in [-0.1, -0.05) is 19.1 Å². The Morgan fingerprint density at radius 3 is 2.57 bits per heavy atom. The van der Waals surface area contributed by atoms with Crippen LogP contribution < -0.4 is 0 Å². The molecule has 1 aliphatic carbocycles. The highest BCUT2D eigenvalue weighted by Gasteiger charge is 2.36. The molecule has 1 aliphatic rings.